The molecule has 0 saturated carbocycles. The molecule has 3 heteroatoms. The van der Waals surface area contributed by atoms with Gasteiger partial charge in [-0.15, -0.1) is 0 Å². The fraction of sp³-hybridized carbons (Fsp3) is 0.571. The van der Waals surface area contributed by atoms with Crippen molar-refractivity contribution < 1.29 is 4.74 Å². The van der Waals surface area contributed by atoms with E-state index < -0.39 is 0 Å². The minimum absolute atomic E-state index is 0.453. The quantitative estimate of drug-likeness (QED) is 0.768. The highest BCUT2D eigenvalue weighted by molar-refractivity contribution is 5.39. The van der Waals surface area contributed by atoms with Crippen molar-refractivity contribution in [3.63, 3.8) is 0 Å². The van der Waals surface area contributed by atoms with E-state index >= 15 is 0 Å². The Hall–Kier alpha value is -1.06. The second-order valence-corrected chi connectivity index (χ2v) is 4.74. The van der Waals surface area contributed by atoms with Crippen molar-refractivity contribution in [2.75, 3.05) is 18.9 Å². The SMILES string of the molecule is CCC1OCCC1CNCc1ccc(N)cc1. The number of rotatable bonds is 5. The van der Waals surface area contributed by atoms with Crippen molar-refractivity contribution in [3.05, 3.63) is 29.8 Å². The first kappa shape index (κ1) is 12.4. The van der Waals surface area contributed by atoms with Gasteiger partial charge in [0.25, 0.3) is 0 Å². The molecule has 0 radical (unpaired) electrons. The molecule has 1 aromatic rings. The van der Waals surface area contributed by atoms with Crippen molar-refractivity contribution in [2.45, 2.75) is 32.4 Å². The van der Waals surface area contributed by atoms with Crippen LogP contribution in [0.4, 0.5) is 5.69 Å². The van der Waals surface area contributed by atoms with Gasteiger partial charge in [0.15, 0.2) is 0 Å². The first-order valence-corrected chi connectivity index (χ1v) is 6.46. The molecule has 2 unspecified atom stereocenters. The summed E-state index contributed by atoms with van der Waals surface area (Å²) in [6, 6.07) is 8.05. The Morgan fingerprint density at radius 3 is 2.82 bits per heavy atom. The predicted octanol–water partition coefficient (Wildman–Crippen LogP) is 2.17. The largest absolute Gasteiger partial charge is 0.399 e. The fourth-order valence-electron chi connectivity index (χ4n) is 2.41. The number of hydrogen-bond donors (Lipinski definition) is 2. The molecule has 3 nitrogen and oxygen atoms in total. The summed E-state index contributed by atoms with van der Waals surface area (Å²) >= 11 is 0. The number of nitrogens with one attached hydrogen (secondary N) is 1. The third-order valence-corrected chi connectivity index (χ3v) is 3.46. The number of nitrogen functional groups attached to an aromatic ring is 1. The monoisotopic (exact) mass is 234 g/mol. The lowest BCUT2D eigenvalue weighted by Crippen LogP contribution is -2.27. The van der Waals surface area contributed by atoms with Crippen LogP contribution in [0.2, 0.25) is 0 Å². The van der Waals surface area contributed by atoms with Gasteiger partial charge in [0.1, 0.15) is 0 Å². The molecule has 1 aliphatic rings. The molecule has 1 heterocycles. The number of ether oxygens (including phenoxy) is 1. The van der Waals surface area contributed by atoms with Gasteiger partial charge in [-0.1, -0.05) is 19.1 Å². The van der Waals surface area contributed by atoms with Gasteiger partial charge in [-0.05, 0) is 36.5 Å². The number of anilines is 1. The van der Waals surface area contributed by atoms with Gasteiger partial charge in [-0.25, -0.2) is 0 Å². The van der Waals surface area contributed by atoms with Crippen LogP contribution in [0.1, 0.15) is 25.3 Å². The topological polar surface area (TPSA) is 47.3 Å². The summed E-state index contributed by atoms with van der Waals surface area (Å²) in [5, 5.41) is 3.51. The Morgan fingerprint density at radius 1 is 1.35 bits per heavy atom. The summed E-state index contributed by atoms with van der Waals surface area (Å²) in [6.45, 7) is 5.08. The zero-order valence-electron chi connectivity index (χ0n) is 10.5. The van der Waals surface area contributed by atoms with Crippen molar-refractivity contribution in [1.29, 1.82) is 0 Å². The molecule has 94 valence electrons. The first-order chi connectivity index (χ1) is 8.29. The van der Waals surface area contributed by atoms with Gasteiger partial charge in [-0.3, -0.25) is 0 Å². The van der Waals surface area contributed by atoms with E-state index in [1.54, 1.807) is 0 Å². The molecular weight excluding hydrogens is 212 g/mol. The minimum Gasteiger partial charge on any atom is -0.399 e. The van der Waals surface area contributed by atoms with E-state index in [2.05, 4.69) is 24.4 Å². The Labute approximate surface area is 103 Å². The molecule has 2 atom stereocenters. The van der Waals surface area contributed by atoms with E-state index in [4.69, 9.17) is 10.5 Å². The maximum Gasteiger partial charge on any atom is 0.0613 e. The molecule has 1 fully saturated rings. The van der Waals surface area contributed by atoms with E-state index in [0.29, 0.717) is 12.0 Å². The lowest BCUT2D eigenvalue weighted by molar-refractivity contribution is 0.0872. The molecule has 0 aliphatic carbocycles. The van der Waals surface area contributed by atoms with Crippen LogP contribution in [-0.4, -0.2) is 19.3 Å². The van der Waals surface area contributed by atoms with Gasteiger partial charge in [0.05, 0.1) is 6.10 Å². The van der Waals surface area contributed by atoms with Crippen LogP contribution in [0.5, 0.6) is 0 Å². The van der Waals surface area contributed by atoms with Crippen LogP contribution < -0.4 is 11.1 Å². The zero-order chi connectivity index (χ0) is 12.1. The van der Waals surface area contributed by atoms with Crippen molar-refractivity contribution >= 4 is 5.69 Å². The summed E-state index contributed by atoms with van der Waals surface area (Å²) in [5.74, 6) is 0.675. The number of nitrogens with two attached hydrogens (primary N) is 1. The minimum atomic E-state index is 0.453. The van der Waals surface area contributed by atoms with Crippen LogP contribution in [0.3, 0.4) is 0 Å². The van der Waals surface area contributed by atoms with E-state index in [1.807, 2.05) is 12.1 Å². The van der Waals surface area contributed by atoms with Crippen LogP contribution in [-0.2, 0) is 11.3 Å². The molecule has 0 bridgehead atoms. The molecule has 1 saturated heterocycles. The van der Waals surface area contributed by atoms with Crippen molar-refractivity contribution in [2.24, 2.45) is 5.92 Å². The standard InChI is InChI=1S/C14H22N2O/c1-2-14-12(7-8-17-14)10-16-9-11-3-5-13(15)6-4-11/h3-6,12,14,16H,2,7-10,15H2,1H3. The first-order valence-electron chi connectivity index (χ1n) is 6.46. The Bertz CT molecular complexity index is 337. The molecule has 0 aromatic heterocycles. The van der Waals surface area contributed by atoms with Crippen LogP contribution >= 0.6 is 0 Å². The third-order valence-electron chi connectivity index (χ3n) is 3.46. The zero-order valence-corrected chi connectivity index (χ0v) is 10.5. The van der Waals surface area contributed by atoms with Crippen LogP contribution in [0.25, 0.3) is 0 Å². The van der Waals surface area contributed by atoms with E-state index in [1.165, 1.54) is 12.0 Å². The van der Waals surface area contributed by atoms with Gasteiger partial charge in [0.2, 0.25) is 0 Å². The molecular formula is C14H22N2O. The number of benzene rings is 1. The second kappa shape index (κ2) is 6.03. The van der Waals surface area contributed by atoms with Gasteiger partial charge >= 0.3 is 0 Å². The molecule has 3 N–H and O–H groups in total. The van der Waals surface area contributed by atoms with Gasteiger partial charge in [-0.2, -0.15) is 0 Å². The highest BCUT2D eigenvalue weighted by Crippen LogP contribution is 2.22. The maximum absolute atomic E-state index is 5.68. The maximum atomic E-state index is 5.68. The van der Waals surface area contributed by atoms with E-state index in [0.717, 1.165) is 31.8 Å². The summed E-state index contributed by atoms with van der Waals surface area (Å²) in [6.07, 6.45) is 2.76. The Morgan fingerprint density at radius 2 is 2.12 bits per heavy atom. The Balaban J connectivity index is 1.74. The highest BCUT2D eigenvalue weighted by atomic mass is 16.5. The molecule has 1 aliphatic heterocycles. The second-order valence-electron chi connectivity index (χ2n) is 4.74. The molecule has 17 heavy (non-hydrogen) atoms. The molecule has 0 amide bonds. The van der Waals surface area contributed by atoms with E-state index in [-0.39, 0.29) is 0 Å². The summed E-state index contributed by atoms with van der Waals surface area (Å²) < 4.78 is 5.68. The fourth-order valence-corrected chi connectivity index (χ4v) is 2.41. The summed E-state index contributed by atoms with van der Waals surface area (Å²) in [5.41, 5.74) is 7.76. The van der Waals surface area contributed by atoms with E-state index in [9.17, 15) is 0 Å². The molecule has 2 rings (SSSR count). The average molecular weight is 234 g/mol. The van der Waals surface area contributed by atoms with Crippen LogP contribution in [0, 0.1) is 5.92 Å². The summed E-state index contributed by atoms with van der Waals surface area (Å²) in [4.78, 5) is 0. The number of hydrogen-bond acceptors (Lipinski definition) is 3. The predicted molar refractivity (Wildman–Crippen MR) is 70.7 cm³/mol. The van der Waals surface area contributed by atoms with Crippen LogP contribution in [0.15, 0.2) is 24.3 Å². The summed E-state index contributed by atoms with van der Waals surface area (Å²) in [7, 11) is 0. The molecule has 1 aromatic carbocycles. The highest BCUT2D eigenvalue weighted by Gasteiger charge is 2.25. The Kier molecular flexibility index (Phi) is 4.40. The van der Waals surface area contributed by atoms with Crippen molar-refractivity contribution in [3.8, 4) is 0 Å². The average Bonchev–Trinajstić information content (AvgIpc) is 2.79. The molecule has 0 spiro atoms. The van der Waals surface area contributed by atoms with Gasteiger partial charge < -0.3 is 15.8 Å². The lowest BCUT2D eigenvalue weighted by Gasteiger charge is -2.17. The lowest BCUT2D eigenvalue weighted by atomic mass is 9.99. The van der Waals surface area contributed by atoms with Crippen molar-refractivity contribution in [1.82, 2.24) is 5.32 Å². The smallest absolute Gasteiger partial charge is 0.0613 e. The van der Waals surface area contributed by atoms with Gasteiger partial charge in [0, 0.05) is 25.4 Å². The third kappa shape index (κ3) is 3.45. The normalized spacial score (nSPS) is 24.1.